The zero-order valence-corrected chi connectivity index (χ0v) is 20.5. The number of rotatable bonds is 9. The van der Waals surface area contributed by atoms with Crippen LogP contribution in [0.3, 0.4) is 0 Å². The Morgan fingerprint density at radius 2 is 1.81 bits per heavy atom. The molecule has 10 heteroatoms. The molecule has 0 unspecified atom stereocenters. The van der Waals surface area contributed by atoms with Crippen LogP contribution in [0.1, 0.15) is 47.1 Å². The van der Waals surface area contributed by atoms with Gasteiger partial charge in [-0.25, -0.2) is 0 Å². The molecule has 0 aliphatic carbocycles. The van der Waals surface area contributed by atoms with E-state index in [2.05, 4.69) is 57.4 Å². The summed E-state index contributed by atoms with van der Waals surface area (Å²) in [5, 5.41) is 17.7. The van der Waals surface area contributed by atoms with Crippen molar-refractivity contribution >= 4 is 40.6 Å². The average Bonchev–Trinajstić information content (AvgIpc) is 3.12. The number of benzene rings is 1. The normalized spacial score (nSPS) is 13.5. The number of aromatic nitrogens is 2. The quantitative estimate of drug-likeness (QED) is 0.417. The van der Waals surface area contributed by atoms with E-state index in [1.54, 1.807) is 6.07 Å². The van der Waals surface area contributed by atoms with Gasteiger partial charge in [-0.1, -0.05) is 17.7 Å². The van der Waals surface area contributed by atoms with Crippen LogP contribution in [0.25, 0.3) is 0 Å². The standard InChI is InChI=1S/C22H35ClN8O/c1-13(2)29(9-10-32)22-26-20(25-12-16-7-8-17(23)18(24)11-16)19-21(27-22)31(15(5)6)28-30(19)14(3)4/h7-8,11,13-15,28,32H,9-10,12,24H2,1-6H3,(H,25,26,27). The number of nitrogens with one attached hydrogen (secondary N) is 2. The van der Waals surface area contributed by atoms with Gasteiger partial charge in [0, 0.05) is 31.2 Å². The van der Waals surface area contributed by atoms with Crippen molar-refractivity contribution in [3.63, 3.8) is 0 Å². The minimum Gasteiger partial charge on any atom is -0.398 e. The summed E-state index contributed by atoms with van der Waals surface area (Å²) in [5.41, 5.74) is 11.9. The first-order valence-corrected chi connectivity index (χ1v) is 11.4. The number of aliphatic hydroxyl groups excluding tert-OH is 1. The van der Waals surface area contributed by atoms with E-state index in [-0.39, 0.29) is 24.7 Å². The Kier molecular flexibility index (Phi) is 7.53. The summed E-state index contributed by atoms with van der Waals surface area (Å²) in [6, 6.07) is 6.09. The van der Waals surface area contributed by atoms with Crippen LogP contribution < -0.4 is 31.5 Å². The molecule has 1 aromatic carbocycles. The highest BCUT2D eigenvalue weighted by atomic mass is 35.5. The van der Waals surface area contributed by atoms with Crippen molar-refractivity contribution in [2.75, 3.05) is 39.1 Å². The molecule has 0 saturated carbocycles. The van der Waals surface area contributed by atoms with Gasteiger partial charge >= 0.3 is 0 Å². The van der Waals surface area contributed by atoms with Crippen molar-refractivity contribution in [2.24, 2.45) is 0 Å². The highest BCUT2D eigenvalue weighted by molar-refractivity contribution is 6.33. The Hall–Kier alpha value is -2.49. The van der Waals surface area contributed by atoms with Crippen LogP contribution in [0.5, 0.6) is 0 Å². The fourth-order valence-electron chi connectivity index (χ4n) is 3.61. The van der Waals surface area contributed by atoms with Crippen LogP contribution in [-0.2, 0) is 6.54 Å². The largest absolute Gasteiger partial charge is 0.398 e. The molecule has 0 fully saturated rings. The lowest BCUT2D eigenvalue weighted by Gasteiger charge is -2.28. The Morgan fingerprint density at radius 1 is 1.12 bits per heavy atom. The van der Waals surface area contributed by atoms with Crippen molar-refractivity contribution < 1.29 is 5.11 Å². The Morgan fingerprint density at radius 3 is 2.38 bits per heavy atom. The number of nitrogen functional groups attached to an aromatic ring is 1. The number of fused-ring (bicyclic) bond motifs is 1. The van der Waals surface area contributed by atoms with Gasteiger partial charge in [0.25, 0.3) is 0 Å². The van der Waals surface area contributed by atoms with Gasteiger partial charge in [-0.15, -0.1) is 5.53 Å². The van der Waals surface area contributed by atoms with E-state index in [0.29, 0.717) is 35.6 Å². The third kappa shape index (κ3) is 4.95. The fraction of sp³-hybridized carbons (Fsp3) is 0.545. The number of hydrazine groups is 2. The van der Waals surface area contributed by atoms with E-state index in [1.807, 2.05) is 22.0 Å². The summed E-state index contributed by atoms with van der Waals surface area (Å²) >= 11 is 6.08. The molecule has 0 radical (unpaired) electrons. The maximum Gasteiger partial charge on any atom is 0.229 e. The molecule has 1 aliphatic heterocycles. The van der Waals surface area contributed by atoms with E-state index < -0.39 is 0 Å². The molecule has 1 aromatic heterocycles. The fourth-order valence-corrected chi connectivity index (χ4v) is 3.72. The predicted octanol–water partition coefficient (Wildman–Crippen LogP) is 3.39. The molecule has 1 aliphatic rings. The van der Waals surface area contributed by atoms with Crippen molar-refractivity contribution in [1.82, 2.24) is 15.5 Å². The van der Waals surface area contributed by atoms with Crippen LogP contribution in [-0.4, -0.2) is 46.4 Å². The Bertz CT molecular complexity index is 936. The summed E-state index contributed by atoms with van der Waals surface area (Å²) in [6.45, 7) is 13.6. The minimum atomic E-state index is 0.0235. The number of anilines is 5. The summed E-state index contributed by atoms with van der Waals surface area (Å²) < 4.78 is 0. The molecule has 2 heterocycles. The second-order valence-corrected chi connectivity index (χ2v) is 9.20. The number of nitrogens with two attached hydrogens (primary N) is 1. The SMILES string of the molecule is CC(C)N(CCO)c1nc(NCc2ccc(Cl)c(N)c2)c2c(n1)N(C(C)C)NN2C(C)C. The third-order valence-electron chi connectivity index (χ3n) is 5.31. The molecule has 3 rings (SSSR count). The van der Waals surface area contributed by atoms with E-state index >= 15 is 0 Å². The lowest BCUT2D eigenvalue weighted by atomic mass is 10.2. The van der Waals surface area contributed by atoms with Crippen LogP contribution in [0, 0.1) is 0 Å². The van der Waals surface area contributed by atoms with Crippen molar-refractivity contribution in [1.29, 1.82) is 0 Å². The van der Waals surface area contributed by atoms with Gasteiger partial charge in [0.2, 0.25) is 5.95 Å². The second kappa shape index (κ2) is 9.97. The average molecular weight is 463 g/mol. The second-order valence-electron chi connectivity index (χ2n) is 8.79. The zero-order chi connectivity index (χ0) is 23.6. The van der Waals surface area contributed by atoms with Crippen LogP contribution in [0.15, 0.2) is 18.2 Å². The van der Waals surface area contributed by atoms with Crippen molar-refractivity contribution in [2.45, 2.75) is 66.2 Å². The predicted molar refractivity (Wildman–Crippen MR) is 133 cm³/mol. The molecule has 0 atom stereocenters. The van der Waals surface area contributed by atoms with E-state index in [1.165, 1.54) is 0 Å². The molecule has 0 amide bonds. The van der Waals surface area contributed by atoms with Gasteiger partial charge in [0.05, 0.1) is 17.3 Å². The highest BCUT2D eigenvalue weighted by Crippen LogP contribution is 2.41. The molecule has 0 bridgehead atoms. The lowest BCUT2D eigenvalue weighted by Crippen LogP contribution is -2.50. The molecule has 0 spiro atoms. The lowest BCUT2D eigenvalue weighted by molar-refractivity contribution is 0.298. The first-order valence-electron chi connectivity index (χ1n) is 11.1. The molecular formula is C22H35ClN8O. The summed E-state index contributed by atoms with van der Waals surface area (Å²) in [4.78, 5) is 11.8. The van der Waals surface area contributed by atoms with Crippen LogP contribution >= 0.6 is 11.6 Å². The maximum atomic E-state index is 9.60. The van der Waals surface area contributed by atoms with Gasteiger partial charge in [0.15, 0.2) is 11.6 Å². The van der Waals surface area contributed by atoms with E-state index in [9.17, 15) is 5.11 Å². The third-order valence-corrected chi connectivity index (χ3v) is 5.66. The number of hydrogen-bond acceptors (Lipinski definition) is 9. The molecule has 32 heavy (non-hydrogen) atoms. The topological polar surface area (TPSA) is 106 Å². The molecule has 9 nitrogen and oxygen atoms in total. The van der Waals surface area contributed by atoms with Gasteiger partial charge in [-0.2, -0.15) is 9.97 Å². The van der Waals surface area contributed by atoms with Gasteiger partial charge in [-0.05, 0) is 59.2 Å². The zero-order valence-electron chi connectivity index (χ0n) is 19.7. The van der Waals surface area contributed by atoms with E-state index in [4.69, 9.17) is 27.3 Å². The minimum absolute atomic E-state index is 0.0235. The summed E-state index contributed by atoms with van der Waals surface area (Å²) in [5.74, 6) is 2.09. The first kappa shape index (κ1) is 24.2. The van der Waals surface area contributed by atoms with Crippen LogP contribution in [0.2, 0.25) is 5.02 Å². The van der Waals surface area contributed by atoms with Crippen LogP contribution in [0.4, 0.5) is 29.0 Å². The van der Waals surface area contributed by atoms with E-state index in [0.717, 1.165) is 17.1 Å². The van der Waals surface area contributed by atoms with Gasteiger partial charge in [0.1, 0.15) is 5.69 Å². The Labute approximate surface area is 195 Å². The molecule has 2 aromatic rings. The Balaban J connectivity index is 2.08. The highest BCUT2D eigenvalue weighted by Gasteiger charge is 2.35. The van der Waals surface area contributed by atoms with Gasteiger partial charge in [-0.3, -0.25) is 10.0 Å². The summed E-state index contributed by atoms with van der Waals surface area (Å²) in [7, 11) is 0. The van der Waals surface area contributed by atoms with Crippen molar-refractivity contribution in [3.8, 4) is 0 Å². The molecular weight excluding hydrogens is 428 g/mol. The maximum absolute atomic E-state index is 9.60. The number of aliphatic hydroxyl groups is 1. The molecule has 176 valence electrons. The molecule has 0 saturated heterocycles. The molecule has 5 N–H and O–H groups in total. The smallest absolute Gasteiger partial charge is 0.229 e. The number of hydrogen-bond donors (Lipinski definition) is 4. The summed E-state index contributed by atoms with van der Waals surface area (Å²) in [6.07, 6.45) is 0. The monoisotopic (exact) mass is 462 g/mol. The number of nitrogens with zero attached hydrogens (tertiary/aromatic N) is 5. The first-order chi connectivity index (χ1) is 15.1. The number of halogens is 1. The van der Waals surface area contributed by atoms with Crippen molar-refractivity contribution in [3.05, 3.63) is 28.8 Å². The van der Waals surface area contributed by atoms with Gasteiger partial charge < -0.3 is 21.1 Å².